The summed E-state index contributed by atoms with van der Waals surface area (Å²) < 4.78 is 29.3. The summed E-state index contributed by atoms with van der Waals surface area (Å²) in [6.45, 7) is 3.12. The van der Waals surface area contributed by atoms with Gasteiger partial charge in [0.15, 0.2) is 0 Å². The number of hydrogen-bond donors (Lipinski definition) is 1. The maximum absolute atomic E-state index is 13.9. The average Bonchev–Trinajstić information content (AvgIpc) is 3.27. The van der Waals surface area contributed by atoms with Crippen molar-refractivity contribution >= 4 is 31.8 Å². The van der Waals surface area contributed by atoms with Gasteiger partial charge in [-0.15, -0.1) is 0 Å². The van der Waals surface area contributed by atoms with Crippen LogP contribution in [-0.4, -0.2) is 18.9 Å². The van der Waals surface area contributed by atoms with E-state index in [0.29, 0.717) is 11.0 Å². The Hall–Kier alpha value is -3.41. The van der Waals surface area contributed by atoms with E-state index in [1.807, 2.05) is 48.5 Å². The van der Waals surface area contributed by atoms with E-state index in [1.54, 1.807) is 24.3 Å². The Morgan fingerprint density at radius 1 is 0.722 bits per heavy atom. The number of rotatable bonds is 10. The Kier molecular flexibility index (Phi) is 7.21. The summed E-state index contributed by atoms with van der Waals surface area (Å²) in [6, 6.07) is 32.9. The van der Waals surface area contributed by atoms with Crippen LogP contribution in [0, 0.1) is 0 Å². The van der Waals surface area contributed by atoms with Crippen LogP contribution in [0.25, 0.3) is 21.8 Å². The van der Waals surface area contributed by atoms with Gasteiger partial charge < -0.3 is 5.32 Å². The highest BCUT2D eigenvalue weighted by molar-refractivity contribution is 7.90. The van der Waals surface area contributed by atoms with Gasteiger partial charge >= 0.3 is 0 Å². The zero-order valence-electron chi connectivity index (χ0n) is 20.6. The maximum atomic E-state index is 13.9. The van der Waals surface area contributed by atoms with Crippen LogP contribution >= 0.6 is 0 Å². The molecule has 0 saturated carbocycles. The van der Waals surface area contributed by atoms with E-state index in [4.69, 9.17) is 0 Å². The second kappa shape index (κ2) is 10.7. The highest BCUT2D eigenvalue weighted by Crippen LogP contribution is 2.38. The van der Waals surface area contributed by atoms with E-state index in [0.717, 1.165) is 29.3 Å². The van der Waals surface area contributed by atoms with Crippen molar-refractivity contribution < 1.29 is 8.42 Å². The molecular weight excluding hydrogens is 464 g/mol. The Morgan fingerprint density at radius 3 is 2.14 bits per heavy atom. The number of para-hydroxylation sites is 1. The van der Waals surface area contributed by atoms with E-state index in [-0.39, 0.29) is 10.9 Å². The smallest absolute Gasteiger partial charge is 0.268 e. The fourth-order valence-electron chi connectivity index (χ4n) is 5.06. The SMILES string of the molecule is CCCCCCNC(c1ccccc1)c1cccc2c1c1ccccc1n2S(=O)(=O)c1ccccc1. The van der Waals surface area contributed by atoms with Crippen molar-refractivity contribution in [3.63, 3.8) is 0 Å². The summed E-state index contributed by atoms with van der Waals surface area (Å²) in [5.41, 5.74) is 3.65. The lowest BCUT2D eigenvalue weighted by Crippen LogP contribution is -2.23. The van der Waals surface area contributed by atoms with E-state index < -0.39 is 10.0 Å². The van der Waals surface area contributed by atoms with Gasteiger partial charge in [0.2, 0.25) is 0 Å². The number of fused-ring (bicyclic) bond motifs is 3. The minimum absolute atomic E-state index is 0.0461. The average molecular weight is 497 g/mol. The molecule has 0 bridgehead atoms. The van der Waals surface area contributed by atoms with Crippen LogP contribution in [0.1, 0.15) is 49.8 Å². The second-order valence-corrected chi connectivity index (χ2v) is 11.0. The summed E-state index contributed by atoms with van der Waals surface area (Å²) in [5, 5.41) is 5.70. The first kappa shape index (κ1) is 24.3. The van der Waals surface area contributed by atoms with Gasteiger partial charge in [0.1, 0.15) is 0 Å². The molecule has 0 aliphatic carbocycles. The Labute approximate surface area is 213 Å². The third kappa shape index (κ3) is 4.57. The number of unbranched alkanes of at least 4 members (excludes halogenated alkanes) is 3. The normalized spacial score (nSPS) is 12.8. The maximum Gasteiger partial charge on any atom is 0.268 e. The van der Waals surface area contributed by atoms with E-state index in [1.165, 1.54) is 28.8 Å². The van der Waals surface area contributed by atoms with Gasteiger partial charge in [-0.3, -0.25) is 0 Å². The Balaban J connectivity index is 1.71. The van der Waals surface area contributed by atoms with E-state index in [2.05, 4.69) is 42.6 Å². The molecule has 184 valence electrons. The third-order valence-electron chi connectivity index (χ3n) is 6.79. The molecule has 0 aliphatic rings. The monoisotopic (exact) mass is 496 g/mol. The topological polar surface area (TPSA) is 51.1 Å². The molecule has 4 aromatic carbocycles. The largest absolute Gasteiger partial charge is 0.306 e. The van der Waals surface area contributed by atoms with Crippen LogP contribution in [0.2, 0.25) is 0 Å². The van der Waals surface area contributed by atoms with Crippen molar-refractivity contribution in [3.8, 4) is 0 Å². The van der Waals surface area contributed by atoms with Crippen LogP contribution in [0.15, 0.2) is 108 Å². The van der Waals surface area contributed by atoms with Crippen molar-refractivity contribution in [2.75, 3.05) is 6.54 Å². The molecule has 1 aromatic heterocycles. The van der Waals surface area contributed by atoms with Gasteiger partial charge in [0, 0.05) is 10.8 Å². The Bertz CT molecular complexity index is 1560. The van der Waals surface area contributed by atoms with Crippen molar-refractivity contribution in [2.45, 2.75) is 43.5 Å². The lowest BCUT2D eigenvalue weighted by Gasteiger charge is -2.21. The molecule has 4 nitrogen and oxygen atoms in total. The molecule has 1 atom stereocenters. The van der Waals surface area contributed by atoms with Gasteiger partial charge in [-0.1, -0.05) is 105 Å². The number of nitrogens with one attached hydrogen (secondary N) is 1. The standard InChI is InChI=1S/C31H32N2O2S/c1-2-3-4-13-23-32-31(24-15-7-5-8-16-24)27-20-14-22-29-30(27)26-19-11-12-21-28(26)33(29)36(34,35)25-17-9-6-10-18-25/h5-12,14-22,31-32H,2-4,13,23H2,1H3. The quantitative estimate of drug-likeness (QED) is 0.207. The van der Waals surface area contributed by atoms with Crippen LogP contribution in [0.4, 0.5) is 0 Å². The third-order valence-corrected chi connectivity index (χ3v) is 8.53. The summed E-state index contributed by atoms with van der Waals surface area (Å²) in [7, 11) is -3.79. The van der Waals surface area contributed by atoms with Crippen LogP contribution in [0.5, 0.6) is 0 Å². The first-order chi connectivity index (χ1) is 17.6. The molecule has 0 aliphatic heterocycles. The Morgan fingerprint density at radius 2 is 1.39 bits per heavy atom. The molecule has 1 heterocycles. The molecule has 0 spiro atoms. The molecule has 0 fully saturated rings. The van der Waals surface area contributed by atoms with Crippen molar-refractivity contribution in [1.29, 1.82) is 0 Å². The highest BCUT2D eigenvalue weighted by atomic mass is 32.2. The van der Waals surface area contributed by atoms with Crippen LogP contribution < -0.4 is 5.32 Å². The van der Waals surface area contributed by atoms with Gasteiger partial charge in [0.05, 0.1) is 22.0 Å². The highest BCUT2D eigenvalue weighted by Gasteiger charge is 2.26. The molecule has 36 heavy (non-hydrogen) atoms. The summed E-state index contributed by atoms with van der Waals surface area (Å²) in [5.74, 6) is 0. The van der Waals surface area contributed by atoms with E-state index >= 15 is 0 Å². The molecule has 0 saturated heterocycles. The zero-order valence-corrected chi connectivity index (χ0v) is 21.4. The first-order valence-electron chi connectivity index (χ1n) is 12.7. The molecule has 1 unspecified atom stereocenters. The summed E-state index contributed by atoms with van der Waals surface area (Å²) >= 11 is 0. The lowest BCUT2D eigenvalue weighted by molar-refractivity contribution is 0.557. The van der Waals surface area contributed by atoms with Gasteiger partial charge in [-0.05, 0) is 48.4 Å². The van der Waals surface area contributed by atoms with Crippen molar-refractivity contribution in [1.82, 2.24) is 9.29 Å². The predicted octanol–water partition coefficient (Wildman–Crippen LogP) is 7.29. The van der Waals surface area contributed by atoms with Gasteiger partial charge in [-0.2, -0.15) is 0 Å². The number of nitrogens with zero attached hydrogens (tertiary/aromatic N) is 1. The number of aromatic nitrogens is 1. The molecule has 5 heteroatoms. The molecule has 5 rings (SSSR count). The minimum Gasteiger partial charge on any atom is -0.306 e. The van der Waals surface area contributed by atoms with E-state index in [9.17, 15) is 8.42 Å². The van der Waals surface area contributed by atoms with Crippen molar-refractivity contribution in [3.05, 3.63) is 114 Å². The fraction of sp³-hybridized carbons (Fsp3) is 0.226. The summed E-state index contributed by atoms with van der Waals surface area (Å²) in [6.07, 6.45) is 4.75. The van der Waals surface area contributed by atoms with Crippen LogP contribution in [-0.2, 0) is 10.0 Å². The lowest BCUT2D eigenvalue weighted by atomic mass is 9.94. The predicted molar refractivity (Wildman–Crippen MR) is 149 cm³/mol. The second-order valence-electron chi connectivity index (χ2n) is 9.20. The fourth-order valence-corrected chi connectivity index (χ4v) is 6.60. The minimum atomic E-state index is -3.79. The van der Waals surface area contributed by atoms with Crippen LogP contribution in [0.3, 0.4) is 0 Å². The number of hydrogen-bond acceptors (Lipinski definition) is 3. The first-order valence-corrected chi connectivity index (χ1v) is 14.2. The number of benzene rings is 4. The zero-order chi connectivity index (χ0) is 25.0. The molecule has 0 radical (unpaired) electrons. The molecule has 0 amide bonds. The molecular formula is C31H32N2O2S. The molecule has 1 N–H and O–H groups in total. The summed E-state index contributed by atoms with van der Waals surface area (Å²) in [4.78, 5) is 0.284. The van der Waals surface area contributed by atoms with Gasteiger partial charge in [-0.25, -0.2) is 12.4 Å². The molecule has 5 aromatic rings. The van der Waals surface area contributed by atoms with Crippen molar-refractivity contribution in [2.24, 2.45) is 0 Å². The van der Waals surface area contributed by atoms with Gasteiger partial charge in [0.25, 0.3) is 10.0 Å².